The molecule has 1 saturated heterocycles. The lowest BCUT2D eigenvalue weighted by Gasteiger charge is -2.31. The molecule has 8 nitrogen and oxygen atoms in total. The van der Waals surface area contributed by atoms with E-state index in [-0.39, 0.29) is 21.9 Å². The monoisotopic (exact) mass is 456 g/mol. The van der Waals surface area contributed by atoms with Gasteiger partial charge in [-0.05, 0) is 48.6 Å². The minimum atomic E-state index is -4.03. The molecule has 1 N–H and O–H groups in total. The predicted octanol–water partition coefficient (Wildman–Crippen LogP) is 3.31. The van der Waals surface area contributed by atoms with E-state index in [4.69, 9.17) is 9.47 Å². The first-order valence-electron chi connectivity index (χ1n) is 10.2. The van der Waals surface area contributed by atoms with Crippen LogP contribution in [-0.2, 0) is 19.5 Å². The Bertz CT molecular complexity index is 1270. The van der Waals surface area contributed by atoms with Gasteiger partial charge >= 0.3 is 11.9 Å². The summed E-state index contributed by atoms with van der Waals surface area (Å²) in [5, 5.41) is 1.15. The smallest absolute Gasteiger partial charge is 0.339 e. The van der Waals surface area contributed by atoms with Crippen LogP contribution in [-0.4, -0.2) is 57.0 Å². The molecule has 9 heteroatoms. The first kappa shape index (κ1) is 22.0. The Balaban J connectivity index is 1.62. The van der Waals surface area contributed by atoms with Crippen LogP contribution in [0.1, 0.15) is 45.0 Å². The van der Waals surface area contributed by atoms with Crippen LogP contribution in [0.2, 0.25) is 0 Å². The summed E-state index contributed by atoms with van der Waals surface area (Å²) in [5.74, 6) is -1.25. The molecule has 1 fully saturated rings. The number of ether oxygens (including phenoxy) is 2. The number of nitrogens with one attached hydrogen (secondary N) is 1. The zero-order chi connectivity index (χ0) is 22.9. The number of esters is 2. The number of H-pyrrole nitrogens is 1. The van der Waals surface area contributed by atoms with Crippen LogP contribution in [0.25, 0.3) is 10.9 Å². The van der Waals surface area contributed by atoms with E-state index in [1.54, 1.807) is 0 Å². The lowest BCUT2D eigenvalue weighted by Crippen LogP contribution is -2.38. The first-order valence-corrected chi connectivity index (χ1v) is 11.7. The summed E-state index contributed by atoms with van der Waals surface area (Å²) < 4.78 is 37.7. The van der Waals surface area contributed by atoms with Crippen molar-refractivity contribution in [1.82, 2.24) is 9.29 Å². The predicted molar refractivity (Wildman–Crippen MR) is 118 cm³/mol. The van der Waals surface area contributed by atoms with Gasteiger partial charge in [-0.2, -0.15) is 4.31 Å². The molecule has 32 heavy (non-hydrogen) atoms. The summed E-state index contributed by atoms with van der Waals surface area (Å²) in [6.45, 7) is 0.602. The Labute approximate surface area is 186 Å². The molecule has 0 saturated carbocycles. The van der Waals surface area contributed by atoms with Crippen molar-refractivity contribution in [2.75, 3.05) is 27.3 Å². The highest BCUT2D eigenvalue weighted by atomic mass is 32.2. The molecule has 3 aromatic rings. The van der Waals surface area contributed by atoms with E-state index < -0.39 is 22.0 Å². The zero-order valence-corrected chi connectivity index (χ0v) is 18.6. The van der Waals surface area contributed by atoms with Crippen LogP contribution in [0, 0.1) is 0 Å². The lowest BCUT2D eigenvalue weighted by atomic mass is 9.90. The van der Waals surface area contributed by atoms with E-state index in [0.29, 0.717) is 25.9 Å². The topological polar surface area (TPSA) is 106 Å². The minimum absolute atomic E-state index is 0.0485. The van der Waals surface area contributed by atoms with Gasteiger partial charge in [0.15, 0.2) is 0 Å². The van der Waals surface area contributed by atoms with Gasteiger partial charge in [0.1, 0.15) is 0 Å². The maximum absolute atomic E-state index is 13.5. The highest BCUT2D eigenvalue weighted by molar-refractivity contribution is 7.89. The minimum Gasteiger partial charge on any atom is -0.465 e. The normalized spacial score (nSPS) is 15.6. The molecule has 2 heterocycles. The van der Waals surface area contributed by atoms with E-state index >= 15 is 0 Å². The molecule has 0 unspecified atom stereocenters. The van der Waals surface area contributed by atoms with Crippen molar-refractivity contribution in [1.29, 1.82) is 0 Å². The molecule has 1 aliphatic rings. The molecule has 2 aromatic carbocycles. The molecule has 168 valence electrons. The van der Waals surface area contributed by atoms with Crippen LogP contribution < -0.4 is 0 Å². The third-order valence-electron chi connectivity index (χ3n) is 5.94. The van der Waals surface area contributed by atoms with Crippen molar-refractivity contribution < 1.29 is 27.5 Å². The average molecular weight is 457 g/mol. The second-order valence-electron chi connectivity index (χ2n) is 7.66. The largest absolute Gasteiger partial charge is 0.465 e. The molecule has 1 aliphatic heterocycles. The van der Waals surface area contributed by atoms with E-state index in [2.05, 4.69) is 11.1 Å². The number of hydrogen-bond donors (Lipinski definition) is 1. The van der Waals surface area contributed by atoms with E-state index in [9.17, 15) is 18.0 Å². The summed E-state index contributed by atoms with van der Waals surface area (Å²) in [5.41, 5.74) is 2.17. The Hall–Kier alpha value is -3.17. The van der Waals surface area contributed by atoms with Crippen LogP contribution in [0.15, 0.2) is 53.6 Å². The maximum Gasteiger partial charge on any atom is 0.339 e. The number of fused-ring (bicyclic) bond motifs is 1. The number of piperidine rings is 1. The SMILES string of the molecule is COC(=O)c1ccc(C(=O)OC)c(S(=O)(=O)N2CCC(c3c[nH]c4ccccc34)CC2)c1. The van der Waals surface area contributed by atoms with Gasteiger partial charge in [0.2, 0.25) is 10.0 Å². The molecule has 4 rings (SSSR count). The van der Waals surface area contributed by atoms with Gasteiger partial charge in [0.25, 0.3) is 0 Å². The van der Waals surface area contributed by atoms with E-state index in [1.807, 2.05) is 24.4 Å². The fourth-order valence-corrected chi connectivity index (χ4v) is 5.91. The Morgan fingerprint density at radius 3 is 2.38 bits per heavy atom. The summed E-state index contributed by atoms with van der Waals surface area (Å²) in [4.78, 5) is 27.2. The lowest BCUT2D eigenvalue weighted by molar-refractivity contribution is 0.0583. The number of nitrogens with zero attached hydrogens (tertiary/aromatic N) is 1. The van der Waals surface area contributed by atoms with Gasteiger partial charge in [-0.1, -0.05) is 18.2 Å². The average Bonchev–Trinajstić information content (AvgIpc) is 3.27. The number of para-hydroxylation sites is 1. The molecule has 0 atom stereocenters. The van der Waals surface area contributed by atoms with Crippen molar-refractivity contribution in [3.8, 4) is 0 Å². The third kappa shape index (κ3) is 3.89. The Kier molecular flexibility index (Phi) is 6.03. The standard InChI is InChI=1S/C23H24N2O6S/c1-30-22(26)16-7-8-18(23(27)31-2)21(13-16)32(28,29)25-11-9-15(10-12-25)19-14-24-20-6-4-3-5-17(19)20/h3-8,13-15,24H,9-12H2,1-2H3. The van der Waals surface area contributed by atoms with Crippen molar-refractivity contribution in [3.05, 3.63) is 65.4 Å². The number of methoxy groups -OCH3 is 2. The number of carbonyl (C=O) groups is 2. The summed E-state index contributed by atoms with van der Waals surface area (Å²) in [6.07, 6.45) is 3.28. The molecule has 0 radical (unpaired) electrons. The molecule has 0 amide bonds. The molecule has 0 spiro atoms. The van der Waals surface area contributed by atoms with Gasteiger partial charge in [-0.15, -0.1) is 0 Å². The summed E-state index contributed by atoms with van der Waals surface area (Å²) >= 11 is 0. The van der Waals surface area contributed by atoms with Gasteiger partial charge in [0, 0.05) is 30.2 Å². The number of aromatic nitrogens is 1. The second kappa shape index (κ2) is 8.76. The molecule has 1 aromatic heterocycles. The molecule has 0 bridgehead atoms. The van der Waals surface area contributed by atoms with Crippen LogP contribution in [0.4, 0.5) is 0 Å². The first-order chi connectivity index (χ1) is 15.4. The van der Waals surface area contributed by atoms with Crippen molar-refractivity contribution >= 4 is 32.9 Å². The van der Waals surface area contributed by atoms with Crippen molar-refractivity contribution in [2.24, 2.45) is 0 Å². The number of carbonyl (C=O) groups excluding carboxylic acids is 2. The van der Waals surface area contributed by atoms with Crippen molar-refractivity contribution in [3.63, 3.8) is 0 Å². The number of rotatable bonds is 5. The number of benzene rings is 2. The van der Waals surface area contributed by atoms with Gasteiger partial charge in [-0.3, -0.25) is 0 Å². The maximum atomic E-state index is 13.5. The number of hydrogen-bond acceptors (Lipinski definition) is 6. The van der Waals surface area contributed by atoms with Gasteiger partial charge < -0.3 is 14.5 Å². The fourth-order valence-electron chi connectivity index (χ4n) is 4.24. The van der Waals surface area contributed by atoms with Gasteiger partial charge in [-0.25, -0.2) is 18.0 Å². The number of aromatic amines is 1. The van der Waals surface area contributed by atoms with Crippen molar-refractivity contribution in [2.45, 2.75) is 23.7 Å². The third-order valence-corrected chi connectivity index (χ3v) is 7.88. The Morgan fingerprint density at radius 1 is 1.00 bits per heavy atom. The summed E-state index contributed by atoms with van der Waals surface area (Å²) in [6, 6.07) is 11.8. The molecule has 0 aliphatic carbocycles. The molecular formula is C23H24N2O6S. The number of sulfonamides is 1. The Morgan fingerprint density at radius 2 is 1.69 bits per heavy atom. The fraction of sp³-hybridized carbons (Fsp3) is 0.304. The highest BCUT2D eigenvalue weighted by Gasteiger charge is 2.34. The van der Waals surface area contributed by atoms with Crippen LogP contribution in [0.3, 0.4) is 0 Å². The van der Waals surface area contributed by atoms with E-state index in [1.165, 1.54) is 42.3 Å². The highest BCUT2D eigenvalue weighted by Crippen LogP contribution is 2.35. The summed E-state index contributed by atoms with van der Waals surface area (Å²) in [7, 11) is -1.64. The van der Waals surface area contributed by atoms with E-state index in [0.717, 1.165) is 10.9 Å². The second-order valence-corrected chi connectivity index (χ2v) is 9.57. The zero-order valence-electron chi connectivity index (χ0n) is 17.8. The van der Waals surface area contributed by atoms with Gasteiger partial charge in [0.05, 0.1) is 30.2 Å². The van der Waals surface area contributed by atoms with Crippen LogP contribution in [0.5, 0.6) is 0 Å². The quantitative estimate of drug-likeness (QED) is 0.591. The molecular weight excluding hydrogens is 432 g/mol. The van der Waals surface area contributed by atoms with Crippen LogP contribution >= 0.6 is 0 Å².